The van der Waals surface area contributed by atoms with Crippen molar-refractivity contribution in [1.29, 1.82) is 0 Å². The smallest absolute Gasteiger partial charge is 0.303 e. The fourth-order valence-electron chi connectivity index (χ4n) is 9.82. The number of hydrogen-bond acceptors (Lipinski definition) is 3. The minimum absolute atomic E-state index is 0.278. The van der Waals surface area contributed by atoms with Gasteiger partial charge >= 0.3 is 5.97 Å². The first-order valence-corrected chi connectivity index (χ1v) is 13.2. The van der Waals surface area contributed by atoms with E-state index in [1.54, 1.807) is 0 Å². The van der Waals surface area contributed by atoms with Crippen LogP contribution in [0.5, 0.6) is 0 Å². The van der Waals surface area contributed by atoms with E-state index in [9.17, 15) is 20.1 Å². The maximum atomic E-state index is 11.3. The molecule has 0 aromatic heterocycles. The maximum Gasteiger partial charge on any atom is 0.303 e. The molecule has 0 aromatic carbocycles. The zero-order valence-electron chi connectivity index (χ0n) is 20.3. The van der Waals surface area contributed by atoms with Crippen molar-refractivity contribution in [2.24, 2.45) is 52.3 Å². The highest BCUT2D eigenvalue weighted by molar-refractivity contribution is 5.66. The molecule has 4 heteroatoms. The van der Waals surface area contributed by atoms with E-state index in [-0.39, 0.29) is 17.3 Å². The number of aliphatic carboxylic acids is 1. The lowest BCUT2D eigenvalue weighted by molar-refractivity contribution is -0.321. The van der Waals surface area contributed by atoms with Crippen molar-refractivity contribution in [2.75, 3.05) is 0 Å². The number of aliphatic hydroxyl groups is 2. The summed E-state index contributed by atoms with van der Waals surface area (Å²) in [5, 5.41) is 31.8. The number of fused-ring (bicyclic) bond motifs is 5. The van der Waals surface area contributed by atoms with Crippen molar-refractivity contribution < 1.29 is 20.1 Å². The van der Waals surface area contributed by atoms with Crippen molar-refractivity contribution in [2.45, 2.75) is 111 Å². The third kappa shape index (κ3) is 3.59. The van der Waals surface area contributed by atoms with Crippen molar-refractivity contribution >= 4 is 5.97 Å². The predicted molar refractivity (Wildman–Crippen MR) is 122 cm³/mol. The molecule has 4 saturated carbocycles. The lowest BCUT2D eigenvalue weighted by Gasteiger charge is -2.65. The van der Waals surface area contributed by atoms with E-state index < -0.39 is 11.8 Å². The summed E-state index contributed by atoms with van der Waals surface area (Å²) in [6, 6.07) is 0. The van der Waals surface area contributed by atoms with Gasteiger partial charge in [-0.1, -0.05) is 40.5 Å². The van der Waals surface area contributed by atoms with Crippen LogP contribution in [0.3, 0.4) is 0 Å². The van der Waals surface area contributed by atoms with E-state index in [0.717, 1.165) is 32.1 Å². The molecular formula is C27H46O4. The van der Waals surface area contributed by atoms with Gasteiger partial charge in [-0.25, -0.2) is 0 Å². The molecule has 4 aliphatic rings. The summed E-state index contributed by atoms with van der Waals surface area (Å²) < 4.78 is 0. The highest BCUT2D eigenvalue weighted by atomic mass is 16.5. The second kappa shape index (κ2) is 8.31. The van der Waals surface area contributed by atoms with E-state index in [1.165, 1.54) is 32.1 Å². The summed E-state index contributed by atoms with van der Waals surface area (Å²) in [7, 11) is 0. The molecule has 0 saturated heterocycles. The van der Waals surface area contributed by atoms with Crippen LogP contribution in [0.1, 0.15) is 105 Å². The van der Waals surface area contributed by atoms with Gasteiger partial charge in [-0.3, -0.25) is 4.79 Å². The van der Waals surface area contributed by atoms with E-state index >= 15 is 0 Å². The van der Waals surface area contributed by atoms with Gasteiger partial charge in [-0.05, 0) is 98.2 Å². The topological polar surface area (TPSA) is 77.8 Å². The van der Waals surface area contributed by atoms with Crippen molar-refractivity contribution in [3.8, 4) is 0 Å². The van der Waals surface area contributed by atoms with Crippen LogP contribution in [-0.4, -0.2) is 27.1 Å². The Kier molecular flexibility index (Phi) is 6.31. The average molecular weight is 435 g/mol. The normalized spacial score (nSPS) is 47.2. The van der Waals surface area contributed by atoms with Gasteiger partial charge in [0.1, 0.15) is 0 Å². The summed E-state index contributed by atoms with van der Waals surface area (Å²) >= 11 is 0. The predicted octanol–water partition coefficient (Wildman–Crippen LogP) is 5.85. The number of carboxylic acid groups (broad SMARTS) is 1. The van der Waals surface area contributed by atoms with Gasteiger partial charge < -0.3 is 15.3 Å². The van der Waals surface area contributed by atoms with Crippen LogP contribution >= 0.6 is 0 Å². The third-order valence-corrected chi connectivity index (χ3v) is 11.3. The molecule has 4 aliphatic carbocycles. The second-order valence-corrected chi connectivity index (χ2v) is 12.4. The standard InChI is InChI=1S/C27H46O4/c1-5-7-18-16-19-22-11-10-20(17(2)9-12-24(28)29)25(22,3)15-13-23(19)26(4)21(18)8-6-14-27(26,30)31/h17-23,30-31H,5-16H2,1-4H3,(H,28,29)/t17-,18+,19+,20-,21+,22+,23+,25-,26+/m1/s1. The first-order chi connectivity index (χ1) is 14.6. The van der Waals surface area contributed by atoms with Gasteiger partial charge in [0, 0.05) is 18.3 Å². The highest BCUT2D eigenvalue weighted by Gasteiger charge is 2.67. The number of carboxylic acids is 1. The van der Waals surface area contributed by atoms with E-state index in [2.05, 4.69) is 27.7 Å². The van der Waals surface area contributed by atoms with Crippen LogP contribution in [-0.2, 0) is 4.79 Å². The van der Waals surface area contributed by atoms with Gasteiger partial charge in [-0.2, -0.15) is 0 Å². The Morgan fingerprint density at radius 1 is 1.03 bits per heavy atom. The van der Waals surface area contributed by atoms with Gasteiger partial charge in [0.25, 0.3) is 0 Å². The summed E-state index contributed by atoms with van der Waals surface area (Å²) in [4.78, 5) is 11.1. The Balaban J connectivity index is 1.63. The molecule has 4 fully saturated rings. The molecular weight excluding hydrogens is 388 g/mol. The molecule has 0 heterocycles. The Morgan fingerprint density at radius 3 is 2.45 bits per heavy atom. The third-order valence-electron chi connectivity index (χ3n) is 11.3. The molecule has 3 N–H and O–H groups in total. The Hall–Kier alpha value is -0.610. The lowest BCUT2D eigenvalue weighted by atomic mass is 9.41. The molecule has 4 nitrogen and oxygen atoms in total. The van der Waals surface area contributed by atoms with E-state index in [1.807, 2.05) is 0 Å². The molecule has 0 spiro atoms. The summed E-state index contributed by atoms with van der Waals surface area (Å²) in [6.07, 6.45) is 12.1. The van der Waals surface area contributed by atoms with Crippen LogP contribution < -0.4 is 0 Å². The number of hydrogen-bond donors (Lipinski definition) is 3. The van der Waals surface area contributed by atoms with Crippen molar-refractivity contribution in [1.82, 2.24) is 0 Å². The first-order valence-electron chi connectivity index (χ1n) is 13.2. The van der Waals surface area contributed by atoms with Crippen molar-refractivity contribution in [3.63, 3.8) is 0 Å². The highest BCUT2D eigenvalue weighted by Crippen LogP contribution is 2.70. The van der Waals surface area contributed by atoms with Gasteiger partial charge in [-0.15, -0.1) is 0 Å². The Labute approximate surface area is 189 Å². The molecule has 0 unspecified atom stereocenters. The van der Waals surface area contributed by atoms with Crippen LogP contribution in [0.25, 0.3) is 0 Å². The Bertz CT molecular complexity index is 674. The zero-order valence-corrected chi connectivity index (χ0v) is 20.3. The molecule has 0 radical (unpaired) electrons. The molecule has 0 aromatic rings. The molecule has 31 heavy (non-hydrogen) atoms. The summed E-state index contributed by atoms with van der Waals surface area (Å²) in [6.45, 7) is 9.29. The second-order valence-electron chi connectivity index (χ2n) is 12.4. The van der Waals surface area contributed by atoms with Gasteiger partial charge in [0.2, 0.25) is 0 Å². The minimum Gasteiger partial charge on any atom is -0.481 e. The van der Waals surface area contributed by atoms with Crippen LogP contribution in [0.2, 0.25) is 0 Å². The van der Waals surface area contributed by atoms with Crippen LogP contribution in [0.4, 0.5) is 0 Å². The number of carbonyl (C=O) groups is 1. The van der Waals surface area contributed by atoms with E-state index in [0.29, 0.717) is 47.8 Å². The van der Waals surface area contributed by atoms with E-state index in [4.69, 9.17) is 0 Å². The monoisotopic (exact) mass is 434 g/mol. The average Bonchev–Trinajstić information content (AvgIpc) is 3.05. The van der Waals surface area contributed by atoms with Crippen LogP contribution in [0.15, 0.2) is 0 Å². The van der Waals surface area contributed by atoms with Gasteiger partial charge in [0.05, 0.1) is 0 Å². The zero-order chi connectivity index (χ0) is 22.6. The maximum absolute atomic E-state index is 11.3. The SMILES string of the molecule is CCC[C@H]1C[C@H]2[C@@H]3CC[C@H]([C@H](C)CCC(=O)O)[C@@]3(C)CC[C@@H]2[C@]2(C)[C@H]1CCCC2(O)O. The number of rotatable bonds is 6. The largest absolute Gasteiger partial charge is 0.481 e. The molecule has 4 rings (SSSR count). The molecule has 0 aliphatic heterocycles. The van der Waals surface area contributed by atoms with Gasteiger partial charge in [0.15, 0.2) is 5.79 Å². The molecule has 178 valence electrons. The first kappa shape index (κ1) is 23.5. The lowest BCUT2D eigenvalue weighted by Crippen LogP contribution is -2.65. The van der Waals surface area contributed by atoms with Crippen LogP contribution in [0, 0.1) is 52.3 Å². The summed E-state index contributed by atoms with van der Waals surface area (Å²) in [5.41, 5.74) is -0.108. The minimum atomic E-state index is -1.54. The fraction of sp³-hybridized carbons (Fsp3) is 0.963. The quantitative estimate of drug-likeness (QED) is 0.458. The molecule has 0 amide bonds. The molecule has 0 bridgehead atoms. The van der Waals surface area contributed by atoms with Crippen molar-refractivity contribution in [3.05, 3.63) is 0 Å². The Morgan fingerprint density at radius 2 is 1.77 bits per heavy atom. The fourth-order valence-corrected chi connectivity index (χ4v) is 9.82. The molecule has 9 atom stereocenters. The summed E-state index contributed by atoms with van der Waals surface area (Å²) in [5.74, 6) is 1.54.